The fraction of sp³-hybridized carbons (Fsp3) is 0.130. The van der Waals surface area contributed by atoms with Crippen molar-refractivity contribution >= 4 is 11.9 Å². The fourth-order valence-electron chi connectivity index (χ4n) is 3.33. The van der Waals surface area contributed by atoms with Gasteiger partial charge in [-0.25, -0.2) is 4.79 Å². The molecule has 3 rings (SSSR count). The van der Waals surface area contributed by atoms with E-state index in [2.05, 4.69) is 5.32 Å². The van der Waals surface area contributed by atoms with Crippen LogP contribution in [-0.4, -0.2) is 23.0 Å². The summed E-state index contributed by atoms with van der Waals surface area (Å²) in [5, 5.41) is 12.2. The number of nitrogens with one attached hydrogen (secondary N) is 1. The fourth-order valence-corrected chi connectivity index (χ4v) is 3.33. The number of aliphatic carboxylic acids is 1. The normalized spacial score (nSPS) is 12.4. The number of carbonyl (C=O) groups is 2. The van der Waals surface area contributed by atoms with E-state index >= 15 is 0 Å². The molecule has 3 aromatic rings. The molecule has 0 heterocycles. The molecule has 0 spiro atoms. The average Bonchev–Trinajstić information content (AvgIpc) is 2.74. The van der Waals surface area contributed by atoms with Gasteiger partial charge in [-0.2, -0.15) is 13.2 Å². The molecule has 0 aliphatic carbocycles. The standard InChI is InChI=1S/C23H18F3NO3/c24-23(25,26)18-14-8-7-13-17(18)21(28)27-20(22(29)30)19(15-9-3-1-4-10-15)16-11-5-2-6-12-16/h1-14,19-20H,(H,27,28)(H,29,30)/t20-/m0/s1. The summed E-state index contributed by atoms with van der Waals surface area (Å²) >= 11 is 0. The van der Waals surface area contributed by atoms with Crippen LogP contribution in [-0.2, 0) is 11.0 Å². The van der Waals surface area contributed by atoms with E-state index in [1.807, 2.05) is 0 Å². The predicted octanol–water partition coefficient (Wildman–Crippen LogP) is 4.72. The Morgan fingerprint density at radius 3 is 1.70 bits per heavy atom. The Morgan fingerprint density at radius 1 is 0.767 bits per heavy atom. The molecular formula is C23H18F3NO3. The van der Waals surface area contributed by atoms with E-state index in [9.17, 15) is 27.9 Å². The van der Waals surface area contributed by atoms with Crippen LogP contribution < -0.4 is 5.32 Å². The molecule has 2 N–H and O–H groups in total. The topological polar surface area (TPSA) is 66.4 Å². The summed E-state index contributed by atoms with van der Waals surface area (Å²) in [6.45, 7) is 0. The number of amides is 1. The first-order chi connectivity index (χ1) is 14.3. The van der Waals surface area contributed by atoms with Gasteiger partial charge in [-0.1, -0.05) is 72.8 Å². The predicted molar refractivity (Wildman–Crippen MR) is 105 cm³/mol. The Bertz CT molecular complexity index is 981. The van der Waals surface area contributed by atoms with Crippen molar-refractivity contribution in [1.82, 2.24) is 5.32 Å². The number of benzene rings is 3. The minimum atomic E-state index is -4.75. The molecule has 1 amide bonds. The third-order valence-corrected chi connectivity index (χ3v) is 4.68. The second-order valence-electron chi connectivity index (χ2n) is 6.63. The number of carboxylic acid groups (broad SMARTS) is 1. The Morgan fingerprint density at radius 2 is 1.23 bits per heavy atom. The number of carboxylic acids is 1. The van der Waals surface area contributed by atoms with Crippen molar-refractivity contribution in [2.75, 3.05) is 0 Å². The van der Waals surface area contributed by atoms with Gasteiger partial charge in [-0.15, -0.1) is 0 Å². The quantitative estimate of drug-likeness (QED) is 0.615. The molecule has 0 aromatic heterocycles. The smallest absolute Gasteiger partial charge is 0.417 e. The molecule has 1 atom stereocenters. The molecule has 0 saturated carbocycles. The number of halogens is 3. The van der Waals surface area contributed by atoms with Crippen molar-refractivity contribution in [3.8, 4) is 0 Å². The van der Waals surface area contributed by atoms with E-state index < -0.39 is 41.1 Å². The maximum Gasteiger partial charge on any atom is 0.417 e. The van der Waals surface area contributed by atoms with Crippen LogP contribution in [0.4, 0.5) is 13.2 Å². The second kappa shape index (κ2) is 8.82. The van der Waals surface area contributed by atoms with E-state index in [1.54, 1.807) is 60.7 Å². The zero-order valence-electron chi connectivity index (χ0n) is 15.6. The highest BCUT2D eigenvalue weighted by atomic mass is 19.4. The number of rotatable bonds is 6. The van der Waals surface area contributed by atoms with Gasteiger partial charge in [0.2, 0.25) is 0 Å². The van der Waals surface area contributed by atoms with Crippen LogP contribution in [0.2, 0.25) is 0 Å². The molecule has 0 fully saturated rings. The molecule has 0 radical (unpaired) electrons. The number of hydrogen-bond acceptors (Lipinski definition) is 2. The Balaban J connectivity index is 2.02. The summed E-state index contributed by atoms with van der Waals surface area (Å²) in [5.74, 6) is -3.26. The first-order valence-electron chi connectivity index (χ1n) is 9.09. The lowest BCUT2D eigenvalue weighted by Gasteiger charge is -2.26. The van der Waals surface area contributed by atoms with Crippen LogP contribution in [0.25, 0.3) is 0 Å². The molecule has 7 heteroatoms. The third-order valence-electron chi connectivity index (χ3n) is 4.68. The van der Waals surface area contributed by atoms with E-state index in [0.29, 0.717) is 11.1 Å². The van der Waals surface area contributed by atoms with Crippen LogP contribution in [0.3, 0.4) is 0 Å². The second-order valence-corrected chi connectivity index (χ2v) is 6.63. The van der Waals surface area contributed by atoms with Gasteiger partial charge >= 0.3 is 12.1 Å². The van der Waals surface area contributed by atoms with Crippen molar-refractivity contribution in [1.29, 1.82) is 0 Å². The summed E-state index contributed by atoms with van der Waals surface area (Å²) < 4.78 is 39.9. The molecule has 0 aliphatic heterocycles. The molecule has 0 saturated heterocycles. The summed E-state index contributed by atoms with van der Waals surface area (Å²) in [4.78, 5) is 24.8. The summed E-state index contributed by atoms with van der Waals surface area (Å²) in [7, 11) is 0. The van der Waals surface area contributed by atoms with Crippen LogP contribution in [0.15, 0.2) is 84.9 Å². The van der Waals surface area contributed by atoms with Gasteiger partial charge in [0.05, 0.1) is 11.1 Å². The first-order valence-corrected chi connectivity index (χ1v) is 9.09. The highest BCUT2D eigenvalue weighted by Crippen LogP contribution is 2.33. The van der Waals surface area contributed by atoms with E-state index in [1.165, 1.54) is 12.1 Å². The molecule has 30 heavy (non-hydrogen) atoms. The van der Waals surface area contributed by atoms with Gasteiger partial charge < -0.3 is 10.4 Å². The maximum absolute atomic E-state index is 13.3. The lowest BCUT2D eigenvalue weighted by molar-refractivity contribution is -0.139. The zero-order valence-corrected chi connectivity index (χ0v) is 15.6. The van der Waals surface area contributed by atoms with Gasteiger partial charge in [0, 0.05) is 5.92 Å². The highest BCUT2D eigenvalue weighted by molar-refractivity contribution is 5.98. The lowest BCUT2D eigenvalue weighted by atomic mass is 9.84. The van der Waals surface area contributed by atoms with Crippen LogP contribution in [0, 0.1) is 0 Å². The van der Waals surface area contributed by atoms with Gasteiger partial charge in [-0.3, -0.25) is 4.79 Å². The molecular weight excluding hydrogens is 395 g/mol. The SMILES string of the molecule is O=C(N[C@H](C(=O)O)C(c1ccccc1)c1ccccc1)c1ccccc1C(F)(F)F. The maximum atomic E-state index is 13.3. The molecule has 154 valence electrons. The lowest BCUT2D eigenvalue weighted by Crippen LogP contribution is -2.45. The van der Waals surface area contributed by atoms with Crippen LogP contribution in [0.1, 0.15) is 33.0 Å². The zero-order chi connectivity index (χ0) is 21.7. The summed E-state index contributed by atoms with van der Waals surface area (Å²) in [6, 6.07) is 20.1. The monoisotopic (exact) mass is 413 g/mol. The van der Waals surface area contributed by atoms with Gasteiger partial charge in [-0.05, 0) is 23.3 Å². The largest absolute Gasteiger partial charge is 0.480 e. The minimum absolute atomic E-state index is 0.612. The van der Waals surface area contributed by atoms with Crippen molar-refractivity contribution in [2.24, 2.45) is 0 Å². The van der Waals surface area contributed by atoms with Crippen LogP contribution in [0.5, 0.6) is 0 Å². The molecule has 0 unspecified atom stereocenters. The summed E-state index contributed by atoms with van der Waals surface area (Å²) in [6.07, 6.45) is -4.75. The minimum Gasteiger partial charge on any atom is -0.480 e. The van der Waals surface area contributed by atoms with E-state index in [4.69, 9.17) is 0 Å². The average molecular weight is 413 g/mol. The van der Waals surface area contributed by atoms with Gasteiger partial charge in [0.1, 0.15) is 6.04 Å². The highest BCUT2D eigenvalue weighted by Gasteiger charge is 2.37. The number of alkyl halides is 3. The number of hydrogen-bond donors (Lipinski definition) is 2. The van der Waals surface area contributed by atoms with Crippen molar-refractivity contribution < 1.29 is 27.9 Å². The third kappa shape index (κ3) is 4.68. The van der Waals surface area contributed by atoms with E-state index in [-0.39, 0.29) is 0 Å². The summed E-state index contributed by atoms with van der Waals surface area (Å²) in [5.41, 5.74) is -0.528. The molecule has 4 nitrogen and oxygen atoms in total. The van der Waals surface area contributed by atoms with Crippen molar-refractivity contribution in [3.63, 3.8) is 0 Å². The van der Waals surface area contributed by atoms with Gasteiger partial charge in [0.15, 0.2) is 0 Å². The molecule has 3 aromatic carbocycles. The molecule has 0 aliphatic rings. The van der Waals surface area contributed by atoms with Gasteiger partial charge in [0.25, 0.3) is 5.91 Å². The molecule has 0 bridgehead atoms. The Kier molecular flexibility index (Phi) is 6.20. The Hall–Kier alpha value is -3.61. The first kappa shape index (κ1) is 21.1. The van der Waals surface area contributed by atoms with Crippen molar-refractivity contribution in [2.45, 2.75) is 18.1 Å². The van der Waals surface area contributed by atoms with Crippen molar-refractivity contribution in [3.05, 3.63) is 107 Å². The van der Waals surface area contributed by atoms with E-state index in [0.717, 1.165) is 12.1 Å². The number of carbonyl (C=O) groups excluding carboxylic acids is 1. The Labute approximate surface area is 171 Å². The van der Waals surface area contributed by atoms with Crippen LogP contribution >= 0.6 is 0 Å².